The summed E-state index contributed by atoms with van der Waals surface area (Å²) in [6.45, 7) is 3.67. The van der Waals surface area contributed by atoms with Crippen LogP contribution in [0.3, 0.4) is 0 Å². The van der Waals surface area contributed by atoms with Gasteiger partial charge in [-0.3, -0.25) is 9.69 Å². The second-order valence-electron chi connectivity index (χ2n) is 8.48. The van der Waals surface area contributed by atoms with Gasteiger partial charge in [-0.15, -0.1) is 0 Å². The summed E-state index contributed by atoms with van der Waals surface area (Å²) in [6, 6.07) is 23.6. The first-order chi connectivity index (χ1) is 16.4. The zero-order valence-corrected chi connectivity index (χ0v) is 19.5. The molecule has 1 unspecified atom stereocenters. The Hall–Kier alpha value is -3.68. The number of fused-ring (bicyclic) bond motifs is 1. The fraction of sp³-hybridized carbons (Fsp3) is 0.259. The minimum Gasteiger partial charge on any atom is -0.359 e. The van der Waals surface area contributed by atoms with Crippen LogP contribution in [-0.4, -0.2) is 42.1 Å². The number of aryl methyl sites for hydroxylation is 1. The molecule has 1 heterocycles. The van der Waals surface area contributed by atoms with Gasteiger partial charge in [-0.25, -0.2) is 4.79 Å². The van der Waals surface area contributed by atoms with Crippen molar-refractivity contribution >= 4 is 23.3 Å². The number of carbonyl (C=O) groups is 2. The molecule has 0 aromatic heterocycles. The van der Waals surface area contributed by atoms with Gasteiger partial charge in [-0.1, -0.05) is 67.6 Å². The van der Waals surface area contributed by atoms with E-state index in [1.807, 2.05) is 44.3 Å². The molecule has 0 spiro atoms. The van der Waals surface area contributed by atoms with Crippen molar-refractivity contribution < 1.29 is 14.7 Å². The Kier molecular flexibility index (Phi) is 6.95. The molecule has 34 heavy (non-hydrogen) atoms. The van der Waals surface area contributed by atoms with E-state index in [9.17, 15) is 14.7 Å². The van der Waals surface area contributed by atoms with E-state index in [1.165, 1.54) is 5.56 Å². The van der Waals surface area contributed by atoms with Crippen molar-refractivity contribution in [1.82, 2.24) is 10.2 Å². The van der Waals surface area contributed by atoms with Crippen LogP contribution >= 0.6 is 0 Å². The quantitative estimate of drug-likeness (QED) is 0.481. The Morgan fingerprint density at radius 2 is 1.68 bits per heavy atom. The highest BCUT2D eigenvalue weighted by Gasteiger charge is 2.51. The number of anilines is 2. The van der Waals surface area contributed by atoms with Gasteiger partial charge in [0.05, 0.1) is 5.69 Å². The van der Waals surface area contributed by atoms with Crippen molar-refractivity contribution in [2.24, 2.45) is 0 Å². The lowest BCUT2D eigenvalue weighted by molar-refractivity contribution is -0.140. The molecule has 7 nitrogen and oxygen atoms in total. The smallest absolute Gasteiger partial charge is 0.329 e. The highest BCUT2D eigenvalue weighted by Crippen LogP contribution is 2.39. The van der Waals surface area contributed by atoms with Gasteiger partial charge in [0.15, 0.2) is 0 Å². The van der Waals surface area contributed by atoms with Crippen LogP contribution in [-0.2, 0) is 23.5 Å². The molecule has 3 N–H and O–H groups in total. The normalized spacial score (nSPS) is 17.3. The van der Waals surface area contributed by atoms with E-state index < -0.39 is 17.7 Å². The molecule has 3 aromatic rings. The lowest BCUT2D eigenvalue weighted by Gasteiger charge is -2.42. The summed E-state index contributed by atoms with van der Waals surface area (Å²) in [5.74, 6) is -0.650. The van der Waals surface area contributed by atoms with Gasteiger partial charge in [0.25, 0.3) is 11.6 Å². The third-order valence-electron chi connectivity index (χ3n) is 6.06. The van der Waals surface area contributed by atoms with Crippen molar-refractivity contribution in [3.8, 4) is 0 Å². The summed E-state index contributed by atoms with van der Waals surface area (Å²) in [5.41, 5.74) is 1.25. The first-order valence-electron chi connectivity index (χ1n) is 11.5. The number of benzene rings is 3. The molecule has 4 rings (SSSR count). The summed E-state index contributed by atoms with van der Waals surface area (Å²) in [6.07, 6.45) is 0.844. The Labute approximate surface area is 200 Å². The average Bonchev–Trinajstić information content (AvgIpc) is 2.85. The third kappa shape index (κ3) is 4.66. The van der Waals surface area contributed by atoms with Gasteiger partial charge in [0.1, 0.15) is 0 Å². The summed E-state index contributed by atoms with van der Waals surface area (Å²) in [4.78, 5) is 29.8. The molecular formula is C27H30N4O3. The second kappa shape index (κ2) is 10.1. The molecule has 0 saturated carbocycles. The van der Waals surface area contributed by atoms with Gasteiger partial charge in [-0.05, 0) is 42.8 Å². The molecule has 0 fully saturated rings. The lowest BCUT2D eigenvalue weighted by Crippen LogP contribution is -2.62. The maximum atomic E-state index is 13.5. The molecular weight excluding hydrogens is 428 g/mol. The zero-order valence-electron chi connectivity index (χ0n) is 19.5. The van der Waals surface area contributed by atoms with Crippen LogP contribution in [0.1, 0.15) is 23.6 Å². The van der Waals surface area contributed by atoms with Crippen LogP contribution in [0.15, 0.2) is 78.9 Å². The van der Waals surface area contributed by atoms with E-state index in [-0.39, 0.29) is 0 Å². The number of urea groups is 1. The van der Waals surface area contributed by atoms with Crippen molar-refractivity contribution in [2.45, 2.75) is 25.6 Å². The second-order valence-corrected chi connectivity index (χ2v) is 8.48. The number of aliphatic hydroxyl groups is 1. The monoisotopic (exact) mass is 458 g/mol. The predicted octanol–water partition coefficient (Wildman–Crippen LogP) is 3.69. The molecule has 7 heteroatoms. The Bertz CT molecular complexity index is 1150. The van der Waals surface area contributed by atoms with Crippen LogP contribution in [0.4, 0.5) is 16.2 Å². The first-order valence-corrected chi connectivity index (χ1v) is 11.5. The molecule has 176 valence electrons. The summed E-state index contributed by atoms with van der Waals surface area (Å²) >= 11 is 0. The summed E-state index contributed by atoms with van der Waals surface area (Å²) in [7, 11) is 1.97. The van der Waals surface area contributed by atoms with E-state index in [4.69, 9.17) is 0 Å². The lowest BCUT2D eigenvalue weighted by atomic mass is 9.94. The number of nitrogens with one attached hydrogen (secondary N) is 2. The highest BCUT2D eigenvalue weighted by molar-refractivity contribution is 6.11. The van der Waals surface area contributed by atoms with Crippen molar-refractivity contribution in [1.29, 1.82) is 0 Å². The van der Waals surface area contributed by atoms with Gasteiger partial charge in [0.2, 0.25) is 0 Å². The molecule has 1 atom stereocenters. The Morgan fingerprint density at radius 1 is 1.00 bits per heavy atom. The molecule has 3 aromatic carbocycles. The predicted molar refractivity (Wildman–Crippen MR) is 133 cm³/mol. The van der Waals surface area contributed by atoms with Crippen LogP contribution in [0.2, 0.25) is 0 Å². The Morgan fingerprint density at radius 3 is 2.38 bits per heavy atom. The van der Waals surface area contributed by atoms with Crippen molar-refractivity contribution in [2.75, 3.05) is 30.4 Å². The number of amides is 3. The van der Waals surface area contributed by atoms with Crippen molar-refractivity contribution in [3.05, 3.63) is 95.6 Å². The summed E-state index contributed by atoms with van der Waals surface area (Å²) in [5, 5.41) is 17.5. The Balaban J connectivity index is 1.56. The molecule has 0 aliphatic carbocycles. The molecule has 1 aliphatic heterocycles. The first kappa shape index (κ1) is 23.5. The fourth-order valence-corrected chi connectivity index (χ4v) is 4.20. The number of rotatable bonds is 8. The van der Waals surface area contributed by atoms with E-state index in [0.29, 0.717) is 30.0 Å². The van der Waals surface area contributed by atoms with Crippen molar-refractivity contribution in [3.63, 3.8) is 0 Å². The average molecular weight is 459 g/mol. The van der Waals surface area contributed by atoms with Gasteiger partial charge in [-0.2, -0.15) is 0 Å². The number of likely N-dealkylation sites (N-methyl/N-ethyl adjacent to an activating group) is 1. The number of carbonyl (C=O) groups excluding carboxylic acids is 2. The molecule has 0 radical (unpaired) electrons. The minimum atomic E-state index is -2.19. The van der Waals surface area contributed by atoms with Crippen LogP contribution in [0.25, 0.3) is 0 Å². The highest BCUT2D eigenvalue weighted by atomic mass is 16.3. The fourth-order valence-electron chi connectivity index (χ4n) is 4.20. The van der Waals surface area contributed by atoms with Gasteiger partial charge in [0, 0.05) is 30.9 Å². The number of nitrogens with zero attached hydrogens (tertiary/aromatic N) is 2. The van der Waals surface area contributed by atoms with Gasteiger partial charge >= 0.3 is 6.03 Å². The molecule has 3 amide bonds. The molecule has 0 saturated heterocycles. The number of hydrogen-bond acceptors (Lipinski definition) is 4. The molecule has 1 aliphatic rings. The van der Waals surface area contributed by atoms with Crippen LogP contribution in [0.5, 0.6) is 0 Å². The largest absolute Gasteiger partial charge is 0.359 e. The summed E-state index contributed by atoms with van der Waals surface area (Å²) < 4.78 is 0. The van der Waals surface area contributed by atoms with E-state index in [2.05, 4.69) is 27.7 Å². The van der Waals surface area contributed by atoms with E-state index in [1.54, 1.807) is 36.4 Å². The number of hydrogen-bond donors (Lipinski definition) is 3. The maximum absolute atomic E-state index is 13.5. The number of para-hydroxylation sites is 1. The minimum absolute atomic E-state index is 0.316. The SMILES string of the molecule is CCc1ccc(N2C(=O)Nc3ccccc3C2(O)C(=O)NCCN(C)Cc2ccccc2)cc1. The zero-order chi connectivity index (χ0) is 24.1. The van der Waals surface area contributed by atoms with Crippen LogP contribution in [0, 0.1) is 0 Å². The topological polar surface area (TPSA) is 84.9 Å². The van der Waals surface area contributed by atoms with Gasteiger partial charge < -0.3 is 20.6 Å². The third-order valence-corrected chi connectivity index (χ3v) is 6.06. The van der Waals surface area contributed by atoms with E-state index >= 15 is 0 Å². The maximum Gasteiger partial charge on any atom is 0.329 e. The molecule has 0 bridgehead atoms. The standard InChI is InChI=1S/C27H30N4O3/c1-3-20-13-15-22(16-14-20)31-26(33)29-24-12-8-7-11-23(24)27(31,34)25(32)28-17-18-30(2)19-21-9-5-4-6-10-21/h4-16,34H,3,17-19H2,1-2H3,(H,28,32)(H,29,33). The van der Waals surface area contributed by atoms with Crippen LogP contribution < -0.4 is 15.5 Å². The van der Waals surface area contributed by atoms with E-state index in [0.717, 1.165) is 23.4 Å².